The van der Waals surface area contributed by atoms with Crippen LogP contribution >= 0.6 is 0 Å². The van der Waals surface area contributed by atoms with Crippen LogP contribution in [0.15, 0.2) is 4.99 Å². The van der Waals surface area contributed by atoms with E-state index >= 15 is 0 Å². The Morgan fingerprint density at radius 3 is 2.77 bits per heavy atom. The van der Waals surface area contributed by atoms with Gasteiger partial charge >= 0.3 is 5.97 Å². The van der Waals surface area contributed by atoms with Crippen molar-refractivity contribution in [2.75, 3.05) is 46.9 Å². The molecule has 2 fully saturated rings. The summed E-state index contributed by atoms with van der Waals surface area (Å²) in [5.74, 6) is 1.07. The molecule has 0 aromatic rings. The topological polar surface area (TPSA) is 57.2 Å². The van der Waals surface area contributed by atoms with E-state index in [9.17, 15) is 4.79 Å². The van der Waals surface area contributed by atoms with Crippen LogP contribution in [0.25, 0.3) is 0 Å². The Hall–Kier alpha value is -1.30. The number of nitrogens with zero attached hydrogens (tertiary/aromatic N) is 3. The fourth-order valence-electron chi connectivity index (χ4n) is 3.43. The van der Waals surface area contributed by atoms with Crippen molar-refractivity contribution in [3.63, 3.8) is 0 Å². The lowest BCUT2D eigenvalue weighted by atomic mass is 9.99. The van der Waals surface area contributed by atoms with Gasteiger partial charge in [-0.15, -0.1) is 0 Å². The Morgan fingerprint density at radius 2 is 2.18 bits per heavy atom. The fourth-order valence-corrected chi connectivity index (χ4v) is 3.43. The quantitative estimate of drug-likeness (QED) is 0.473. The number of carbonyl (C=O) groups is 1. The Bertz CT molecular complexity index is 413. The van der Waals surface area contributed by atoms with Crippen molar-refractivity contribution >= 4 is 11.9 Å². The van der Waals surface area contributed by atoms with Gasteiger partial charge in [0, 0.05) is 25.7 Å². The molecule has 0 aliphatic carbocycles. The second-order valence-electron chi connectivity index (χ2n) is 6.48. The number of guanidine groups is 1. The van der Waals surface area contributed by atoms with Crippen LogP contribution in [0.4, 0.5) is 0 Å². The smallest absolute Gasteiger partial charge is 0.310 e. The molecule has 126 valence electrons. The number of rotatable bonds is 4. The molecular weight excluding hydrogens is 280 g/mol. The van der Waals surface area contributed by atoms with E-state index in [1.807, 2.05) is 0 Å². The van der Waals surface area contributed by atoms with Gasteiger partial charge in [0.15, 0.2) is 5.96 Å². The highest BCUT2D eigenvalue weighted by Gasteiger charge is 2.37. The van der Waals surface area contributed by atoms with Crippen LogP contribution in [-0.2, 0) is 9.53 Å². The molecule has 0 radical (unpaired) electrons. The van der Waals surface area contributed by atoms with Gasteiger partial charge in [0.25, 0.3) is 0 Å². The molecule has 2 aliphatic heterocycles. The number of likely N-dealkylation sites (N-methyl/N-ethyl adjacent to an activating group) is 1. The van der Waals surface area contributed by atoms with Gasteiger partial charge in [0.1, 0.15) is 0 Å². The van der Waals surface area contributed by atoms with Gasteiger partial charge in [0.05, 0.1) is 19.6 Å². The number of aliphatic imine (C=N–C) groups is 1. The molecular formula is C16H30N4O2. The van der Waals surface area contributed by atoms with Crippen molar-refractivity contribution in [2.45, 2.75) is 32.7 Å². The van der Waals surface area contributed by atoms with Crippen molar-refractivity contribution in [1.29, 1.82) is 0 Å². The van der Waals surface area contributed by atoms with Gasteiger partial charge in [-0.1, -0.05) is 6.92 Å². The maximum absolute atomic E-state index is 11.8. The van der Waals surface area contributed by atoms with Crippen molar-refractivity contribution in [3.05, 3.63) is 0 Å². The zero-order chi connectivity index (χ0) is 16.1. The zero-order valence-corrected chi connectivity index (χ0v) is 14.3. The minimum absolute atomic E-state index is 0.0528. The second kappa shape index (κ2) is 7.81. The maximum Gasteiger partial charge on any atom is 0.310 e. The van der Waals surface area contributed by atoms with Crippen LogP contribution in [0.1, 0.15) is 26.7 Å². The number of ether oxygens (including phenoxy) is 1. The van der Waals surface area contributed by atoms with Crippen molar-refractivity contribution in [3.8, 4) is 0 Å². The largest absolute Gasteiger partial charge is 0.469 e. The Balaban J connectivity index is 2.00. The van der Waals surface area contributed by atoms with Gasteiger partial charge < -0.3 is 19.9 Å². The third-order valence-corrected chi connectivity index (χ3v) is 4.87. The summed E-state index contributed by atoms with van der Waals surface area (Å²) in [6.45, 7) is 8.57. The summed E-state index contributed by atoms with van der Waals surface area (Å²) < 4.78 is 4.92. The van der Waals surface area contributed by atoms with E-state index in [1.165, 1.54) is 26.5 Å². The first-order valence-electron chi connectivity index (χ1n) is 8.38. The lowest BCUT2D eigenvalue weighted by Crippen LogP contribution is -2.41. The molecule has 0 saturated carbocycles. The molecule has 1 N–H and O–H groups in total. The summed E-state index contributed by atoms with van der Waals surface area (Å²) in [5.41, 5.74) is 0. The molecule has 2 heterocycles. The molecule has 3 unspecified atom stereocenters. The number of carbonyl (C=O) groups excluding carboxylic acids is 1. The summed E-state index contributed by atoms with van der Waals surface area (Å²) in [6.07, 6.45) is 2.49. The van der Waals surface area contributed by atoms with Crippen LogP contribution in [0.2, 0.25) is 0 Å². The van der Waals surface area contributed by atoms with E-state index in [1.54, 1.807) is 0 Å². The molecule has 22 heavy (non-hydrogen) atoms. The molecule has 0 aromatic heterocycles. The predicted octanol–water partition coefficient (Wildman–Crippen LogP) is 0.787. The van der Waals surface area contributed by atoms with Crippen molar-refractivity contribution in [2.24, 2.45) is 16.8 Å². The molecule has 0 spiro atoms. The number of hydrogen-bond donors (Lipinski definition) is 1. The van der Waals surface area contributed by atoms with Gasteiger partial charge in [-0.25, -0.2) is 0 Å². The number of methoxy groups -OCH3 is 1. The summed E-state index contributed by atoms with van der Waals surface area (Å²) >= 11 is 0. The average Bonchev–Trinajstić information content (AvgIpc) is 3.09. The van der Waals surface area contributed by atoms with E-state index in [-0.39, 0.29) is 11.9 Å². The fraction of sp³-hybridized carbons (Fsp3) is 0.875. The van der Waals surface area contributed by atoms with E-state index < -0.39 is 0 Å². The highest BCUT2D eigenvalue weighted by molar-refractivity contribution is 5.82. The average molecular weight is 310 g/mol. The van der Waals surface area contributed by atoms with E-state index in [0.29, 0.717) is 18.5 Å². The van der Waals surface area contributed by atoms with Crippen LogP contribution in [0.5, 0.6) is 0 Å². The molecule has 6 heteroatoms. The molecule has 2 aliphatic rings. The van der Waals surface area contributed by atoms with Crippen LogP contribution in [-0.4, -0.2) is 74.7 Å². The van der Waals surface area contributed by atoms with Crippen LogP contribution in [0, 0.1) is 11.8 Å². The highest BCUT2D eigenvalue weighted by atomic mass is 16.5. The first-order valence-corrected chi connectivity index (χ1v) is 8.38. The summed E-state index contributed by atoms with van der Waals surface area (Å²) in [5, 5.41) is 3.37. The summed E-state index contributed by atoms with van der Waals surface area (Å²) in [4.78, 5) is 21.2. The molecule has 2 saturated heterocycles. The Morgan fingerprint density at radius 1 is 1.41 bits per heavy atom. The molecule has 6 nitrogen and oxygen atoms in total. The van der Waals surface area contributed by atoms with Gasteiger partial charge in [-0.3, -0.25) is 9.79 Å². The third-order valence-electron chi connectivity index (χ3n) is 4.87. The number of hydrogen-bond acceptors (Lipinski definition) is 4. The van der Waals surface area contributed by atoms with Crippen LogP contribution in [0.3, 0.4) is 0 Å². The zero-order valence-electron chi connectivity index (χ0n) is 14.3. The molecule has 2 rings (SSSR count). The first-order chi connectivity index (χ1) is 10.6. The minimum Gasteiger partial charge on any atom is -0.469 e. The van der Waals surface area contributed by atoms with Gasteiger partial charge in [-0.05, 0) is 39.3 Å². The third kappa shape index (κ3) is 3.91. The second-order valence-corrected chi connectivity index (χ2v) is 6.48. The lowest BCUT2D eigenvalue weighted by Gasteiger charge is -2.23. The minimum atomic E-state index is -0.110. The van der Waals surface area contributed by atoms with E-state index in [2.05, 4.69) is 36.0 Å². The van der Waals surface area contributed by atoms with Gasteiger partial charge in [0.2, 0.25) is 0 Å². The number of likely N-dealkylation sites (tertiary alicyclic amines) is 2. The van der Waals surface area contributed by atoms with Gasteiger partial charge in [-0.2, -0.15) is 0 Å². The highest BCUT2D eigenvalue weighted by Crippen LogP contribution is 2.24. The Kier molecular flexibility index (Phi) is 6.06. The number of esters is 1. The maximum atomic E-state index is 11.8. The standard InChI is InChI=1S/C16H30N4O2/c1-5-17-16(18-9-13-7-6-8-19(13)3)20-10-12(2)14(11-20)15(21)22-4/h12-14H,5-11H2,1-4H3,(H,17,18). The summed E-state index contributed by atoms with van der Waals surface area (Å²) in [7, 11) is 3.64. The normalized spacial score (nSPS) is 29.9. The molecule has 0 aromatic carbocycles. The van der Waals surface area contributed by atoms with Crippen molar-refractivity contribution < 1.29 is 9.53 Å². The first kappa shape index (κ1) is 17.1. The summed E-state index contributed by atoms with van der Waals surface area (Å²) in [6, 6.07) is 0.546. The molecule has 0 amide bonds. The van der Waals surface area contributed by atoms with E-state index in [0.717, 1.165) is 25.6 Å². The van der Waals surface area contributed by atoms with E-state index in [4.69, 9.17) is 9.73 Å². The molecule has 3 atom stereocenters. The van der Waals surface area contributed by atoms with Crippen LogP contribution < -0.4 is 5.32 Å². The monoisotopic (exact) mass is 310 g/mol. The number of nitrogens with one attached hydrogen (secondary N) is 1. The lowest BCUT2D eigenvalue weighted by molar-refractivity contribution is -0.145. The predicted molar refractivity (Wildman–Crippen MR) is 87.9 cm³/mol. The SMILES string of the molecule is CCNC(=NCC1CCCN1C)N1CC(C)C(C(=O)OC)C1. The Labute approximate surface area is 133 Å². The van der Waals surface area contributed by atoms with Crippen molar-refractivity contribution in [1.82, 2.24) is 15.1 Å². The molecule has 0 bridgehead atoms.